The number of amides is 2. The molecular formula is C21H24N4O2S. The van der Waals surface area contributed by atoms with Crippen molar-refractivity contribution in [3.05, 3.63) is 59.7 Å². The van der Waals surface area contributed by atoms with E-state index < -0.39 is 0 Å². The fourth-order valence-corrected chi connectivity index (χ4v) is 3.39. The topological polar surface area (TPSA) is 64.7 Å². The van der Waals surface area contributed by atoms with Gasteiger partial charge in [0.1, 0.15) is 0 Å². The summed E-state index contributed by atoms with van der Waals surface area (Å²) in [7, 11) is 0. The highest BCUT2D eigenvalue weighted by Gasteiger charge is 2.22. The Balaban J connectivity index is 1.54. The number of nitrogens with one attached hydrogen (secondary N) is 2. The Kier molecular flexibility index (Phi) is 6.26. The largest absolute Gasteiger partial charge is 0.368 e. The first-order chi connectivity index (χ1) is 13.4. The summed E-state index contributed by atoms with van der Waals surface area (Å²) in [4.78, 5) is 27.8. The highest BCUT2D eigenvalue weighted by atomic mass is 32.1. The van der Waals surface area contributed by atoms with Gasteiger partial charge in [0.05, 0.1) is 0 Å². The first-order valence-corrected chi connectivity index (χ1v) is 9.63. The van der Waals surface area contributed by atoms with E-state index in [-0.39, 0.29) is 16.9 Å². The van der Waals surface area contributed by atoms with Gasteiger partial charge in [0.15, 0.2) is 5.11 Å². The average Bonchev–Trinajstić information content (AvgIpc) is 2.68. The zero-order valence-corrected chi connectivity index (χ0v) is 16.9. The van der Waals surface area contributed by atoms with E-state index in [9.17, 15) is 9.59 Å². The molecule has 146 valence electrons. The maximum atomic E-state index is 12.6. The molecule has 0 aliphatic carbocycles. The molecule has 0 bridgehead atoms. The zero-order chi connectivity index (χ0) is 20.1. The Morgan fingerprint density at radius 1 is 0.929 bits per heavy atom. The van der Waals surface area contributed by atoms with E-state index in [0.29, 0.717) is 13.1 Å². The number of anilines is 2. The van der Waals surface area contributed by atoms with Crippen molar-refractivity contribution >= 4 is 40.5 Å². The number of thiocarbonyl (C=S) groups is 1. The molecule has 0 aromatic heterocycles. The molecule has 2 N–H and O–H groups in total. The highest BCUT2D eigenvalue weighted by molar-refractivity contribution is 7.80. The minimum absolute atomic E-state index is 0.0886. The third-order valence-electron chi connectivity index (χ3n) is 4.65. The Hall–Kier alpha value is -2.93. The van der Waals surface area contributed by atoms with E-state index in [4.69, 9.17) is 12.2 Å². The number of rotatable bonds is 3. The van der Waals surface area contributed by atoms with Gasteiger partial charge in [-0.25, -0.2) is 0 Å². The van der Waals surface area contributed by atoms with Gasteiger partial charge >= 0.3 is 0 Å². The van der Waals surface area contributed by atoms with Crippen molar-refractivity contribution in [3.63, 3.8) is 0 Å². The number of hydrogen-bond donors (Lipinski definition) is 2. The molecule has 1 heterocycles. The first kappa shape index (κ1) is 19.8. The second-order valence-electron chi connectivity index (χ2n) is 6.83. The van der Waals surface area contributed by atoms with Gasteiger partial charge in [-0.1, -0.05) is 17.7 Å². The van der Waals surface area contributed by atoms with Crippen LogP contribution in [0.25, 0.3) is 0 Å². The molecule has 0 unspecified atom stereocenters. The molecule has 2 aromatic rings. The van der Waals surface area contributed by atoms with Crippen molar-refractivity contribution in [2.75, 3.05) is 36.4 Å². The van der Waals surface area contributed by atoms with Crippen molar-refractivity contribution in [3.8, 4) is 0 Å². The number of benzene rings is 2. The first-order valence-electron chi connectivity index (χ1n) is 9.22. The number of carbonyl (C=O) groups is 2. The molecular weight excluding hydrogens is 372 g/mol. The summed E-state index contributed by atoms with van der Waals surface area (Å²) >= 11 is 5.06. The third-order valence-corrected chi connectivity index (χ3v) is 4.85. The summed E-state index contributed by atoms with van der Waals surface area (Å²) in [5.41, 5.74) is 3.80. The summed E-state index contributed by atoms with van der Waals surface area (Å²) in [5, 5.41) is 5.79. The fourth-order valence-electron chi connectivity index (χ4n) is 3.12. The summed E-state index contributed by atoms with van der Waals surface area (Å²) in [6.07, 6.45) is 0. The molecule has 1 aliphatic heterocycles. The van der Waals surface area contributed by atoms with Crippen LogP contribution in [0.1, 0.15) is 22.8 Å². The van der Waals surface area contributed by atoms with Gasteiger partial charge < -0.3 is 20.4 Å². The summed E-state index contributed by atoms with van der Waals surface area (Å²) in [5.74, 6) is -0.113. The van der Waals surface area contributed by atoms with Crippen molar-refractivity contribution in [1.29, 1.82) is 0 Å². The monoisotopic (exact) mass is 396 g/mol. The van der Waals surface area contributed by atoms with Crippen LogP contribution in [0.5, 0.6) is 0 Å². The zero-order valence-electron chi connectivity index (χ0n) is 16.1. The number of nitrogens with zero attached hydrogens (tertiary/aromatic N) is 2. The van der Waals surface area contributed by atoms with Crippen molar-refractivity contribution in [2.24, 2.45) is 0 Å². The van der Waals surface area contributed by atoms with Gasteiger partial charge in [0.2, 0.25) is 5.91 Å². The number of hydrogen-bond acceptors (Lipinski definition) is 4. The van der Waals surface area contributed by atoms with Crippen LogP contribution < -0.4 is 15.5 Å². The van der Waals surface area contributed by atoms with Crippen molar-refractivity contribution in [2.45, 2.75) is 13.8 Å². The predicted molar refractivity (Wildman–Crippen MR) is 116 cm³/mol. The van der Waals surface area contributed by atoms with Crippen molar-refractivity contribution < 1.29 is 9.59 Å². The number of carbonyl (C=O) groups excluding carboxylic acids is 2. The quantitative estimate of drug-likeness (QED) is 0.781. The second kappa shape index (κ2) is 8.84. The van der Waals surface area contributed by atoms with Gasteiger partial charge in [-0.05, 0) is 55.5 Å². The van der Waals surface area contributed by atoms with Crippen LogP contribution in [0, 0.1) is 6.92 Å². The Labute approximate surface area is 170 Å². The normalized spacial score (nSPS) is 13.8. The van der Waals surface area contributed by atoms with Crippen LogP contribution in [0.15, 0.2) is 48.5 Å². The van der Waals surface area contributed by atoms with E-state index >= 15 is 0 Å². The van der Waals surface area contributed by atoms with Crippen LogP contribution in [-0.4, -0.2) is 48.0 Å². The SMILES string of the molecule is CC(=O)NC(=S)Nc1ccc(N2CCN(C(=O)c3ccc(C)cc3)CC2)cc1. The number of piperazine rings is 1. The molecule has 0 spiro atoms. The maximum absolute atomic E-state index is 12.6. The Morgan fingerprint density at radius 3 is 2.11 bits per heavy atom. The predicted octanol–water partition coefficient (Wildman–Crippen LogP) is 2.79. The van der Waals surface area contributed by atoms with Gasteiger partial charge in [-0.3, -0.25) is 9.59 Å². The summed E-state index contributed by atoms with van der Waals surface area (Å²) in [6, 6.07) is 15.6. The smallest absolute Gasteiger partial charge is 0.253 e. The lowest BCUT2D eigenvalue weighted by molar-refractivity contribution is -0.117. The molecule has 28 heavy (non-hydrogen) atoms. The van der Waals surface area contributed by atoms with E-state index in [1.165, 1.54) is 6.92 Å². The lowest BCUT2D eigenvalue weighted by Gasteiger charge is -2.36. The van der Waals surface area contributed by atoms with E-state index in [1.807, 2.05) is 60.4 Å². The lowest BCUT2D eigenvalue weighted by atomic mass is 10.1. The molecule has 0 atom stereocenters. The fraction of sp³-hybridized carbons (Fsp3) is 0.286. The molecule has 1 fully saturated rings. The van der Waals surface area contributed by atoms with Crippen LogP contribution >= 0.6 is 12.2 Å². The molecule has 2 amide bonds. The minimum atomic E-state index is -0.202. The molecule has 1 saturated heterocycles. The Bertz CT molecular complexity index is 857. The molecule has 0 radical (unpaired) electrons. The lowest BCUT2D eigenvalue weighted by Crippen LogP contribution is -2.48. The van der Waals surface area contributed by atoms with Crippen LogP contribution in [-0.2, 0) is 4.79 Å². The van der Waals surface area contributed by atoms with E-state index in [1.54, 1.807) is 0 Å². The van der Waals surface area contributed by atoms with Crippen LogP contribution in [0.2, 0.25) is 0 Å². The molecule has 7 heteroatoms. The van der Waals surface area contributed by atoms with Gasteiger partial charge in [0.25, 0.3) is 5.91 Å². The van der Waals surface area contributed by atoms with Crippen molar-refractivity contribution in [1.82, 2.24) is 10.2 Å². The molecule has 1 aliphatic rings. The minimum Gasteiger partial charge on any atom is -0.368 e. The average molecular weight is 397 g/mol. The maximum Gasteiger partial charge on any atom is 0.253 e. The molecule has 3 rings (SSSR count). The number of aryl methyl sites for hydroxylation is 1. The highest BCUT2D eigenvalue weighted by Crippen LogP contribution is 2.20. The molecule has 0 saturated carbocycles. The van der Waals surface area contributed by atoms with Crippen LogP contribution in [0.3, 0.4) is 0 Å². The summed E-state index contributed by atoms with van der Waals surface area (Å²) < 4.78 is 0. The second-order valence-corrected chi connectivity index (χ2v) is 7.24. The van der Waals surface area contributed by atoms with E-state index in [0.717, 1.165) is 35.6 Å². The van der Waals surface area contributed by atoms with Gasteiger partial charge in [-0.15, -0.1) is 0 Å². The van der Waals surface area contributed by atoms with Gasteiger partial charge in [0, 0.05) is 50.0 Å². The molecule has 2 aromatic carbocycles. The standard InChI is InChI=1S/C21H24N4O2S/c1-15-3-5-17(6-4-15)20(27)25-13-11-24(12-14-25)19-9-7-18(8-10-19)23-21(28)22-16(2)26/h3-10H,11-14H2,1-2H3,(H2,22,23,26,28). The summed E-state index contributed by atoms with van der Waals surface area (Å²) in [6.45, 7) is 6.39. The van der Waals surface area contributed by atoms with E-state index in [2.05, 4.69) is 15.5 Å². The van der Waals surface area contributed by atoms with Crippen LogP contribution in [0.4, 0.5) is 11.4 Å². The van der Waals surface area contributed by atoms with Gasteiger partial charge in [-0.2, -0.15) is 0 Å². The third kappa shape index (κ3) is 5.07. The molecule has 6 nitrogen and oxygen atoms in total. The Morgan fingerprint density at radius 2 is 1.54 bits per heavy atom.